The first kappa shape index (κ1) is 18.0. The molecule has 8 heteroatoms. The van der Waals surface area contributed by atoms with Crippen molar-refractivity contribution < 1.29 is 22.8 Å². The van der Waals surface area contributed by atoms with Crippen LogP contribution in [0.2, 0.25) is 0 Å². The van der Waals surface area contributed by atoms with Gasteiger partial charge in [-0.05, 0) is 31.2 Å². The second-order valence-corrected chi connectivity index (χ2v) is 6.27. The molecule has 1 aromatic carbocycles. The molecule has 2 heterocycles. The highest BCUT2D eigenvalue weighted by Gasteiger charge is 2.36. The molecule has 3 rings (SSSR count). The van der Waals surface area contributed by atoms with E-state index < -0.39 is 18.6 Å². The molecule has 0 bridgehead atoms. The van der Waals surface area contributed by atoms with Gasteiger partial charge in [0, 0.05) is 25.5 Å². The lowest BCUT2D eigenvalue weighted by atomic mass is 10.1. The normalized spacial score (nSPS) is 15.5. The summed E-state index contributed by atoms with van der Waals surface area (Å²) in [5, 5.41) is 0. The monoisotopic (exact) mass is 365 g/mol. The van der Waals surface area contributed by atoms with Gasteiger partial charge < -0.3 is 14.4 Å². The molecule has 0 atom stereocenters. The number of hydrogen-bond acceptors (Lipinski definition) is 2. The van der Waals surface area contributed by atoms with Gasteiger partial charge in [0.05, 0.1) is 11.3 Å². The zero-order chi connectivity index (χ0) is 18.9. The highest BCUT2D eigenvalue weighted by molar-refractivity contribution is 6.00. The van der Waals surface area contributed by atoms with Gasteiger partial charge in [-0.15, -0.1) is 0 Å². The van der Waals surface area contributed by atoms with Gasteiger partial charge in [0.25, 0.3) is 5.91 Å². The Morgan fingerprint density at radius 2 is 1.85 bits per heavy atom. The van der Waals surface area contributed by atoms with Gasteiger partial charge in [-0.25, -0.2) is 0 Å². The maximum Gasteiger partial charge on any atom is 0.406 e. The molecule has 1 fully saturated rings. The highest BCUT2D eigenvalue weighted by Crippen LogP contribution is 2.22. The molecule has 0 N–H and O–H groups in total. The summed E-state index contributed by atoms with van der Waals surface area (Å²) in [4.78, 5) is 27.0. The maximum atomic E-state index is 12.9. The van der Waals surface area contributed by atoms with Gasteiger partial charge in [0.15, 0.2) is 0 Å². The summed E-state index contributed by atoms with van der Waals surface area (Å²) in [5.74, 6) is -1.06. The average molecular weight is 365 g/mol. The van der Waals surface area contributed by atoms with E-state index in [-0.39, 0.29) is 25.5 Å². The van der Waals surface area contributed by atoms with Gasteiger partial charge >= 0.3 is 6.18 Å². The third kappa shape index (κ3) is 3.89. The molecule has 0 aliphatic carbocycles. The summed E-state index contributed by atoms with van der Waals surface area (Å²) in [5.41, 5.74) is 1.96. The number of piperazine rings is 1. The fourth-order valence-electron chi connectivity index (χ4n) is 2.98. The number of aromatic nitrogens is 1. The Morgan fingerprint density at radius 1 is 1.15 bits per heavy atom. The first-order valence-corrected chi connectivity index (χ1v) is 8.12. The summed E-state index contributed by atoms with van der Waals surface area (Å²) in [6.45, 7) is 0.151. The molecule has 1 aliphatic heterocycles. The number of rotatable bonds is 3. The van der Waals surface area contributed by atoms with Gasteiger partial charge in [-0.1, -0.05) is 11.6 Å². The summed E-state index contributed by atoms with van der Waals surface area (Å²) in [6.07, 6.45) is -0.846. The third-order valence-corrected chi connectivity index (χ3v) is 4.24. The van der Waals surface area contributed by atoms with Crippen LogP contribution >= 0.6 is 0 Å². The molecule has 0 unspecified atom stereocenters. The van der Waals surface area contributed by atoms with Crippen molar-refractivity contribution >= 4 is 11.8 Å². The van der Waals surface area contributed by atoms with E-state index in [0.29, 0.717) is 11.3 Å². The van der Waals surface area contributed by atoms with Crippen LogP contribution in [0.1, 0.15) is 15.9 Å². The minimum atomic E-state index is -4.44. The molecule has 26 heavy (non-hydrogen) atoms. The number of hydrogen-bond donors (Lipinski definition) is 0. The first-order valence-electron chi connectivity index (χ1n) is 8.12. The molecule has 2 aromatic rings. The topological polar surface area (TPSA) is 45.6 Å². The van der Waals surface area contributed by atoms with E-state index in [1.807, 2.05) is 31.2 Å². The van der Waals surface area contributed by atoms with Gasteiger partial charge in [0.1, 0.15) is 13.1 Å². The Hall–Kier alpha value is -2.77. The maximum absolute atomic E-state index is 12.9. The number of amides is 2. The van der Waals surface area contributed by atoms with Crippen LogP contribution in [0.4, 0.5) is 13.2 Å². The largest absolute Gasteiger partial charge is 0.406 e. The molecule has 1 aliphatic rings. The minimum Gasteiger partial charge on any atom is -0.330 e. The number of carbonyl (C=O) groups excluding carboxylic acids is 2. The SMILES string of the molecule is Cc1ccc(-n2cccc2)c(C(=O)N2CCN(CC(F)(F)F)C(=O)C2)c1. The Kier molecular flexibility index (Phi) is 4.76. The predicted molar refractivity (Wildman–Crippen MR) is 89.0 cm³/mol. The van der Waals surface area contributed by atoms with E-state index in [2.05, 4.69) is 0 Å². The van der Waals surface area contributed by atoms with Crippen molar-refractivity contribution in [3.8, 4) is 5.69 Å². The Morgan fingerprint density at radius 3 is 2.46 bits per heavy atom. The van der Waals surface area contributed by atoms with Crippen LogP contribution < -0.4 is 0 Å². The van der Waals surface area contributed by atoms with E-state index in [1.165, 1.54) is 4.90 Å². The second kappa shape index (κ2) is 6.86. The van der Waals surface area contributed by atoms with Crippen LogP contribution in [0.3, 0.4) is 0 Å². The summed E-state index contributed by atoms with van der Waals surface area (Å²) >= 11 is 0. The molecule has 5 nitrogen and oxygen atoms in total. The third-order valence-electron chi connectivity index (χ3n) is 4.24. The molecule has 0 radical (unpaired) electrons. The van der Waals surface area contributed by atoms with Crippen molar-refractivity contribution in [3.05, 3.63) is 53.9 Å². The second-order valence-electron chi connectivity index (χ2n) is 6.27. The lowest BCUT2D eigenvalue weighted by Gasteiger charge is -2.35. The number of nitrogens with zero attached hydrogens (tertiary/aromatic N) is 3. The van der Waals surface area contributed by atoms with Gasteiger partial charge in [-0.2, -0.15) is 13.2 Å². The Bertz CT molecular complexity index is 816. The molecular weight excluding hydrogens is 347 g/mol. The first-order chi connectivity index (χ1) is 12.2. The zero-order valence-corrected chi connectivity index (χ0v) is 14.2. The molecule has 2 amide bonds. The molecule has 1 saturated heterocycles. The summed E-state index contributed by atoms with van der Waals surface area (Å²) in [7, 11) is 0. The fourth-order valence-corrected chi connectivity index (χ4v) is 2.98. The molecule has 0 spiro atoms. The van der Waals surface area contributed by atoms with Crippen molar-refractivity contribution in [2.45, 2.75) is 13.1 Å². The average Bonchev–Trinajstić information content (AvgIpc) is 3.09. The lowest BCUT2D eigenvalue weighted by molar-refractivity contribution is -0.164. The minimum absolute atomic E-state index is 0.0692. The van der Waals surface area contributed by atoms with E-state index >= 15 is 0 Å². The number of benzene rings is 1. The van der Waals surface area contributed by atoms with Crippen LogP contribution in [0.5, 0.6) is 0 Å². The fraction of sp³-hybridized carbons (Fsp3) is 0.333. The standard InChI is InChI=1S/C18H18F3N3O2/c1-13-4-5-15(22-6-2-3-7-22)14(10-13)17(26)23-8-9-24(16(25)11-23)12-18(19,20)21/h2-7,10H,8-9,11-12H2,1H3. The zero-order valence-electron chi connectivity index (χ0n) is 14.2. The van der Waals surface area contributed by atoms with Crippen molar-refractivity contribution in [1.29, 1.82) is 0 Å². The molecule has 0 saturated carbocycles. The van der Waals surface area contributed by atoms with E-state index in [9.17, 15) is 22.8 Å². The van der Waals surface area contributed by atoms with Gasteiger partial charge in [0.2, 0.25) is 5.91 Å². The van der Waals surface area contributed by atoms with Gasteiger partial charge in [-0.3, -0.25) is 9.59 Å². The van der Waals surface area contributed by atoms with Crippen LogP contribution in [0.15, 0.2) is 42.7 Å². The summed E-state index contributed by atoms with van der Waals surface area (Å²) in [6, 6.07) is 9.06. The highest BCUT2D eigenvalue weighted by atomic mass is 19.4. The van der Waals surface area contributed by atoms with E-state index in [4.69, 9.17) is 0 Å². The number of carbonyl (C=O) groups is 2. The van der Waals surface area contributed by atoms with Crippen molar-refractivity contribution in [2.75, 3.05) is 26.2 Å². The number of aryl methyl sites for hydroxylation is 1. The van der Waals surface area contributed by atoms with Crippen molar-refractivity contribution in [3.63, 3.8) is 0 Å². The Labute approximate surface area is 148 Å². The number of alkyl halides is 3. The van der Waals surface area contributed by atoms with Crippen molar-refractivity contribution in [2.24, 2.45) is 0 Å². The van der Waals surface area contributed by atoms with E-state index in [0.717, 1.165) is 10.5 Å². The molecular formula is C18H18F3N3O2. The van der Waals surface area contributed by atoms with E-state index in [1.54, 1.807) is 23.0 Å². The van der Waals surface area contributed by atoms with Crippen LogP contribution in [-0.2, 0) is 4.79 Å². The van der Waals surface area contributed by atoms with Crippen LogP contribution in [0.25, 0.3) is 5.69 Å². The molecule has 1 aromatic heterocycles. The predicted octanol–water partition coefficient (Wildman–Crippen LogP) is 2.63. The van der Waals surface area contributed by atoms with Crippen molar-refractivity contribution in [1.82, 2.24) is 14.4 Å². The molecule has 138 valence electrons. The summed E-state index contributed by atoms with van der Waals surface area (Å²) < 4.78 is 39.3. The quantitative estimate of drug-likeness (QED) is 0.840. The van der Waals surface area contributed by atoms with Crippen LogP contribution in [-0.4, -0.2) is 58.5 Å². The number of halogens is 3. The lowest BCUT2D eigenvalue weighted by Crippen LogP contribution is -2.54. The smallest absolute Gasteiger partial charge is 0.330 e. The Balaban J connectivity index is 1.81. The van der Waals surface area contributed by atoms with Crippen LogP contribution in [0, 0.1) is 6.92 Å².